The van der Waals surface area contributed by atoms with Gasteiger partial charge < -0.3 is 24.4 Å². The molecule has 0 radical (unpaired) electrons. The predicted molar refractivity (Wildman–Crippen MR) is 113 cm³/mol. The molecule has 1 fully saturated rings. The van der Waals surface area contributed by atoms with Crippen LogP contribution in [0.1, 0.15) is 19.4 Å². The molecule has 1 aliphatic heterocycles. The van der Waals surface area contributed by atoms with Gasteiger partial charge in [-0.25, -0.2) is 0 Å². The fourth-order valence-electron chi connectivity index (χ4n) is 3.07. The lowest BCUT2D eigenvalue weighted by Gasteiger charge is -2.29. The second kappa shape index (κ2) is 9.33. The number of methoxy groups -OCH3 is 1. The minimum atomic E-state index is 0.0692. The first kappa shape index (κ1) is 19.8. The predicted octanol–water partition coefficient (Wildman–Crippen LogP) is 4.69. The number of hydrogen-bond donors (Lipinski definition) is 1. The molecule has 5 nitrogen and oxygen atoms in total. The summed E-state index contributed by atoms with van der Waals surface area (Å²) in [6.45, 7) is 8.14. The lowest BCUT2D eigenvalue weighted by Crippen LogP contribution is -2.36. The van der Waals surface area contributed by atoms with Crippen molar-refractivity contribution in [3.05, 3.63) is 46.4 Å². The van der Waals surface area contributed by atoms with E-state index >= 15 is 0 Å². The third-order valence-electron chi connectivity index (χ3n) is 4.45. The highest BCUT2D eigenvalue weighted by Gasteiger charge is 2.16. The summed E-state index contributed by atoms with van der Waals surface area (Å²) in [7, 11) is 1.66. The van der Waals surface area contributed by atoms with Crippen molar-refractivity contribution >= 4 is 27.3 Å². The van der Waals surface area contributed by atoms with Crippen LogP contribution >= 0.6 is 15.9 Å². The van der Waals surface area contributed by atoms with Gasteiger partial charge in [0.1, 0.15) is 0 Å². The third-order valence-corrected chi connectivity index (χ3v) is 5.20. The molecule has 0 spiro atoms. The first-order chi connectivity index (χ1) is 13.1. The molecule has 1 N–H and O–H groups in total. The van der Waals surface area contributed by atoms with Crippen LogP contribution in [0.4, 0.5) is 11.4 Å². The van der Waals surface area contributed by atoms with E-state index in [4.69, 9.17) is 14.2 Å². The molecule has 2 aromatic rings. The van der Waals surface area contributed by atoms with Gasteiger partial charge in [0, 0.05) is 41.0 Å². The average Bonchev–Trinajstić information content (AvgIpc) is 2.68. The van der Waals surface area contributed by atoms with Gasteiger partial charge in [-0.15, -0.1) is 0 Å². The molecule has 2 aromatic carbocycles. The summed E-state index contributed by atoms with van der Waals surface area (Å²) in [4.78, 5) is 2.35. The minimum absolute atomic E-state index is 0.0692. The Morgan fingerprint density at radius 2 is 1.81 bits per heavy atom. The van der Waals surface area contributed by atoms with Crippen LogP contribution < -0.4 is 19.7 Å². The standard InChI is InChI=1S/C21H27BrN2O3/c1-15(2)27-21-18(19(22)8-9-20(21)25-3)14-23-16-4-6-17(7-5-16)24-10-12-26-13-11-24/h4-9,15,23H,10-14H2,1-3H3. The highest BCUT2D eigenvalue weighted by atomic mass is 79.9. The molecule has 0 saturated carbocycles. The summed E-state index contributed by atoms with van der Waals surface area (Å²) in [5.41, 5.74) is 3.34. The SMILES string of the molecule is COc1ccc(Br)c(CNc2ccc(N3CCOCC3)cc2)c1OC(C)C. The van der Waals surface area contributed by atoms with Gasteiger partial charge in [0.2, 0.25) is 0 Å². The molecule has 6 heteroatoms. The number of hydrogen-bond acceptors (Lipinski definition) is 5. The number of rotatable bonds is 7. The van der Waals surface area contributed by atoms with Crippen molar-refractivity contribution in [1.29, 1.82) is 0 Å². The van der Waals surface area contributed by atoms with Gasteiger partial charge in [0.05, 0.1) is 26.4 Å². The highest BCUT2D eigenvalue weighted by Crippen LogP contribution is 2.37. The average molecular weight is 435 g/mol. The van der Waals surface area contributed by atoms with Gasteiger partial charge in [-0.2, -0.15) is 0 Å². The minimum Gasteiger partial charge on any atom is -0.493 e. The van der Waals surface area contributed by atoms with Gasteiger partial charge in [0.15, 0.2) is 11.5 Å². The molecule has 0 unspecified atom stereocenters. The summed E-state index contributed by atoms with van der Waals surface area (Å²) in [5.74, 6) is 1.52. The number of nitrogens with one attached hydrogen (secondary N) is 1. The van der Waals surface area contributed by atoms with E-state index < -0.39 is 0 Å². The molecular weight excluding hydrogens is 408 g/mol. The molecule has 1 aliphatic rings. The van der Waals surface area contributed by atoms with Crippen molar-refractivity contribution in [2.24, 2.45) is 0 Å². The lowest BCUT2D eigenvalue weighted by molar-refractivity contribution is 0.122. The fourth-order valence-corrected chi connectivity index (χ4v) is 3.53. The van der Waals surface area contributed by atoms with Crippen LogP contribution in [-0.2, 0) is 11.3 Å². The Labute approximate surface area is 169 Å². The molecule has 0 amide bonds. The number of benzene rings is 2. The summed E-state index contributed by atoms with van der Waals surface area (Å²) in [6.07, 6.45) is 0.0692. The molecule has 0 atom stereocenters. The smallest absolute Gasteiger partial charge is 0.167 e. The molecular formula is C21H27BrN2O3. The zero-order chi connectivity index (χ0) is 19.2. The maximum atomic E-state index is 6.02. The van der Waals surface area contributed by atoms with Crippen molar-refractivity contribution < 1.29 is 14.2 Å². The third kappa shape index (κ3) is 5.08. The topological polar surface area (TPSA) is 43.0 Å². The number of ether oxygens (including phenoxy) is 3. The van der Waals surface area contributed by atoms with Crippen LogP contribution in [-0.4, -0.2) is 39.5 Å². The second-order valence-corrected chi connectivity index (χ2v) is 7.58. The molecule has 27 heavy (non-hydrogen) atoms. The van der Waals surface area contributed by atoms with Gasteiger partial charge in [-0.3, -0.25) is 0 Å². The Balaban J connectivity index is 1.72. The molecule has 0 aromatic heterocycles. The number of morpholine rings is 1. The maximum Gasteiger partial charge on any atom is 0.167 e. The Bertz CT molecular complexity index is 744. The first-order valence-electron chi connectivity index (χ1n) is 9.27. The van der Waals surface area contributed by atoms with Crippen molar-refractivity contribution in [2.45, 2.75) is 26.5 Å². The Hall–Kier alpha value is -1.92. The van der Waals surface area contributed by atoms with Crippen LogP contribution in [0.25, 0.3) is 0 Å². The largest absolute Gasteiger partial charge is 0.493 e. The second-order valence-electron chi connectivity index (χ2n) is 6.72. The van der Waals surface area contributed by atoms with E-state index in [2.05, 4.69) is 50.4 Å². The van der Waals surface area contributed by atoms with Crippen molar-refractivity contribution in [1.82, 2.24) is 0 Å². The van der Waals surface area contributed by atoms with Crippen LogP contribution in [0.15, 0.2) is 40.9 Å². The van der Waals surface area contributed by atoms with Gasteiger partial charge in [-0.1, -0.05) is 15.9 Å². The molecule has 1 saturated heterocycles. The van der Waals surface area contributed by atoms with E-state index in [1.165, 1.54) is 5.69 Å². The molecule has 146 valence electrons. The van der Waals surface area contributed by atoms with Crippen LogP contribution in [0.5, 0.6) is 11.5 Å². The first-order valence-corrected chi connectivity index (χ1v) is 10.1. The van der Waals surface area contributed by atoms with Crippen molar-refractivity contribution in [3.8, 4) is 11.5 Å². The van der Waals surface area contributed by atoms with E-state index in [1.807, 2.05) is 26.0 Å². The van der Waals surface area contributed by atoms with Crippen molar-refractivity contribution in [2.75, 3.05) is 43.6 Å². The molecule has 3 rings (SSSR count). The summed E-state index contributed by atoms with van der Waals surface area (Å²) < 4.78 is 17.9. The summed E-state index contributed by atoms with van der Waals surface area (Å²) in [5, 5.41) is 3.49. The molecule has 1 heterocycles. The Morgan fingerprint density at radius 3 is 2.44 bits per heavy atom. The van der Waals surface area contributed by atoms with E-state index in [0.717, 1.165) is 53.5 Å². The van der Waals surface area contributed by atoms with Gasteiger partial charge in [0.25, 0.3) is 0 Å². The quantitative estimate of drug-likeness (QED) is 0.684. The van der Waals surface area contributed by atoms with E-state index in [1.54, 1.807) is 7.11 Å². The highest BCUT2D eigenvalue weighted by molar-refractivity contribution is 9.10. The zero-order valence-corrected chi connectivity index (χ0v) is 17.7. The van der Waals surface area contributed by atoms with E-state index in [-0.39, 0.29) is 6.10 Å². The van der Waals surface area contributed by atoms with Crippen LogP contribution in [0.2, 0.25) is 0 Å². The maximum absolute atomic E-state index is 6.02. The van der Waals surface area contributed by atoms with Crippen LogP contribution in [0.3, 0.4) is 0 Å². The molecule has 0 aliphatic carbocycles. The van der Waals surface area contributed by atoms with Gasteiger partial charge in [-0.05, 0) is 50.2 Å². The summed E-state index contributed by atoms with van der Waals surface area (Å²) in [6, 6.07) is 12.4. The van der Waals surface area contributed by atoms with E-state index in [9.17, 15) is 0 Å². The number of anilines is 2. The normalized spacial score (nSPS) is 14.3. The number of nitrogens with zero attached hydrogens (tertiary/aromatic N) is 1. The van der Waals surface area contributed by atoms with Crippen LogP contribution in [0, 0.1) is 0 Å². The monoisotopic (exact) mass is 434 g/mol. The summed E-state index contributed by atoms with van der Waals surface area (Å²) >= 11 is 3.64. The van der Waals surface area contributed by atoms with E-state index in [0.29, 0.717) is 6.54 Å². The Kier molecular flexibility index (Phi) is 6.85. The lowest BCUT2D eigenvalue weighted by atomic mass is 10.1. The molecule has 0 bridgehead atoms. The fraction of sp³-hybridized carbons (Fsp3) is 0.429. The zero-order valence-electron chi connectivity index (χ0n) is 16.1. The van der Waals surface area contributed by atoms with Gasteiger partial charge >= 0.3 is 0 Å². The Morgan fingerprint density at radius 1 is 1.11 bits per heavy atom. The number of halogens is 1. The van der Waals surface area contributed by atoms with Crippen molar-refractivity contribution in [3.63, 3.8) is 0 Å².